The molecule has 1 saturated carbocycles. The predicted octanol–water partition coefficient (Wildman–Crippen LogP) is 3.43. The van der Waals surface area contributed by atoms with Gasteiger partial charge in [0, 0.05) is 22.9 Å². The van der Waals surface area contributed by atoms with E-state index in [4.69, 9.17) is 16.3 Å². The fraction of sp³-hybridized carbons (Fsp3) is 0.538. The second-order valence-electron chi connectivity index (χ2n) is 11.1. The molecule has 2 fully saturated rings. The lowest BCUT2D eigenvalue weighted by Crippen LogP contribution is -2.51. The molecular formula is C26H32ClN5O4. The standard InChI is InChI=1S/C26H32ClN5O4/c1-25(2,3)12-20(24(35)29-16(13-28)7-15-11-26(5-6-26)32-22(15)33)31-23(34)19-9-14-8-17(36-4)10-18(27)21(14)30-19/h8-10,15-16,20,30H,5-7,11-12H2,1-4H3,(H,29,35)(H,31,34)(H,32,33)/t15?,16-,20?/m0/s1. The summed E-state index contributed by atoms with van der Waals surface area (Å²) in [7, 11) is 1.53. The van der Waals surface area contributed by atoms with Crippen molar-refractivity contribution in [3.63, 3.8) is 0 Å². The minimum atomic E-state index is -0.878. The van der Waals surface area contributed by atoms with Crippen molar-refractivity contribution in [3.8, 4) is 11.8 Å². The number of halogens is 1. The monoisotopic (exact) mass is 513 g/mol. The van der Waals surface area contributed by atoms with Crippen molar-refractivity contribution in [1.29, 1.82) is 5.26 Å². The summed E-state index contributed by atoms with van der Waals surface area (Å²) in [6.45, 7) is 5.90. The Labute approximate surface area is 215 Å². The fourth-order valence-corrected chi connectivity index (χ4v) is 5.09. The van der Waals surface area contributed by atoms with Gasteiger partial charge in [0.1, 0.15) is 23.5 Å². The topological polar surface area (TPSA) is 136 Å². The van der Waals surface area contributed by atoms with Crippen LogP contribution in [-0.4, -0.2) is 47.4 Å². The Morgan fingerprint density at radius 1 is 1.28 bits per heavy atom. The Morgan fingerprint density at radius 2 is 2.00 bits per heavy atom. The summed E-state index contributed by atoms with van der Waals surface area (Å²) in [6, 6.07) is 5.46. The lowest BCUT2D eigenvalue weighted by Gasteiger charge is -2.27. The molecule has 1 aliphatic carbocycles. The zero-order chi connectivity index (χ0) is 26.3. The molecule has 2 aliphatic rings. The Balaban J connectivity index is 1.47. The molecule has 192 valence electrons. The molecule has 36 heavy (non-hydrogen) atoms. The van der Waals surface area contributed by atoms with Crippen LogP contribution in [0.25, 0.3) is 10.9 Å². The number of ether oxygens (including phenoxy) is 1. The number of nitrogens with one attached hydrogen (secondary N) is 4. The van der Waals surface area contributed by atoms with Crippen LogP contribution in [0.3, 0.4) is 0 Å². The molecular weight excluding hydrogens is 482 g/mol. The highest BCUT2D eigenvalue weighted by Crippen LogP contribution is 2.46. The van der Waals surface area contributed by atoms with E-state index >= 15 is 0 Å². The number of benzene rings is 1. The fourth-order valence-electron chi connectivity index (χ4n) is 4.82. The molecule has 1 aliphatic heterocycles. The summed E-state index contributed by atoms with van der Waals surface area (Å²) in [4.78, 5) is 41.7. The number of hydrogen-bond acceptors (Lipinski definition) is 5. The summed E-state index contributed by atoms with van der Waals surface area (Å²) in [5.41, 5.74) is 0.465. The molecule has 4 rings (SSSR count). The first kappa shape index (κ1) is 25.8. The van der Waals surface area contributed by atoms with Gasteiger partial charge >= 0.3 is 0 Å². The van der Waals surface area contributed by atoms with Crippen LogP contribution in [0.4, 0.5) is 0 Å². The van der Waals surface area contributed by atoms with Gasteiger partial charge in [0.15, 0.2) is 0 Å². The Bertz CT molecular complexity index is 1240. The van der Waals surface area contributed by atoms with Crippen molar-refractivity contribution in [3.05, 3.63) is 28.9 Å². The molecule has 4 N–H and O–H groups in total. The van der Waals surface area contributed by atoms with Crippen molar-refractivity contribution in [2.45, 2.75) is 70.5 Å². The highest BCUT2D eigenvalue weighted by Gasteiger charge is 2.52. The minimum absolute atomic E-state index is 0.0596. The van der Waals surface area contributed by atoms with Gasteiger partial charge in [-0.3, -0.25) is 14.4 Å². The molecule has 10 heteroatoms. The lowest BCUT2D eigenvalue weighted by atomic mass is 9.87. The average molecular weight is 514 g/mol. The van der Waals surface area contributed by atoms with E-state index in [2.05, 4.69) is 27.0 Å². The number of aromatic amines is 1. The van der Waals surface area contributed by atoms with Crippen LogP contribution in [0.15, 0.2) is 18.2 Å². The molecule has 1 aromatic carbocycles. The van der Waals surface area contributed by atoms with E-state index in [1.165, 1.54) is 7.11 Å². The number of carbonyl (C=O) groups excluding carboxylic acids is 3. The normalized spacial score (nSPS) is 19.9. The van der Waals surface area contributed by atoms with Crippen molar-refractivity contribution in [2.24, 2.45) is 11.3 Å². The van der Waals surface area contributed by atoms with E-state index in [0.29, 0.717) is 34.5 Å². The molecule has 0 bridgehead atoms. The van der Waals surface area contributed by atoms with E-state index in [9.17, 15) is 19.6 Å². The number of aromatic nitrogens is 1. The van der Waals surface area contributed by atoms with Gasteiger partial charge in [-0.15, -0.1) is 0 Å². The molecule has 1 saturated heterocycles. The van der Waals surface area contributed by atoms with Crippen molar-refractivity contribution < 1.29 is 19.1 Å². The SMILES string of the molecule is COc1cc(Cl)c2[nH]c(C(=O)NC(CC(C)(C)C)C(=O)N[C@H](C#N)CC3CC4(CC4)NC3=O)cc2c1. The van der Waals surface area contributed by atoms with Gasteiger partial charge in [0.25, 0.3) is 5.91 Å². The van der Waals surface area contributed by atoms with Gasteiger partial charge in [0.05, 0.1) is 23.7 Å². The molecule has 2 heterocycles. The van der Waals surface area contributed by atoms with E-state index in [1.807, 2.05) is 20.8 Å². The summed E-state index contributed by atoms with van der Waals surface area (Å²) in [5, 5.41) is 19.4. The van der Waals surface area contributed by atoms with E-state index < -0.39 is 23.9 Å². The van der Waals surface area contributed by atoms with Crippen LogP contribution in [0.1, 0.15) is 63.4 Å². The minimum Gasteiger partial charge on any atom is -0.497 e. The summed E-state index contributed by atoms with van der Waals surface area (Å²) < 4.78 is 5.24. The first-order valence-electron chi connectivity index (χ1n) is 12.1. The number of carbonyl (C=O) groups is 3. The van der Waals surface area contributed by atoms with Crippen LogP contribution in [0.5, 0.6) is 5.75 Å². The molecule has 3 atom stereocenters. The molecule has 9 nitrogen and oxygen atoms in total. The highest BCUT2D eigenvalue weighted by molar-refractivity contribution is 6.35. The number of H-pyrrole nitrogens is 1. The average Bonchev–Trinajstić information content (AvgIpc) is 3.27. The second kappa shape index (κ2) is 9.66. The summed E-state index contributed by atoms with van der Waals surface area (Å²) in [6.07, 6.45) is 3.21. The smallest absolute Gasteiger partial charge is 0.268 e. The van der Waals surface area contributed by atoms with Crippen LogP contribution in [0, 0.1) is 22.7 Å². The van der Waals surface area contributed by atoms with Crippen molar-refractivity contribution in [1.82, 2.24) is 20.9 Å². The third-order valence-electron chi connectivity index (χ3n) is 6.81. The van der Waals surface area contributed by atoms with Gasteiger partial charge in [-0.2, -0.15) is 5.26 Å². The molecule has 2 unspecified atom stereocenters. The van der Waals surface area contributed by atoms with Gasteiger partial charge in [-0.25, -0.2) is 0 Å². The van der Waals surface area contributed by atoms with Crippen LogP contribution in [-0.2, 0) is 9.59 Å². The first-order chi connectivity index (χ1) is 16.9. The van der Waals surface area contributed by atoms with E-state index in [1.54, 1.807) is 18.2 Å². The van der Waals surface area contributed by atoms with E-state index in [0.717, 1.165) is 12.8 Å². The Morgan fingerprint density at radius 3 is 2.58 bits per heavy atom. The summed E-state index contributed by atoms with van der Waals surface area (Å²) in [5.74, 6) is -0.725. The third kappa shape index (κ3) is 5.76. The number of fused-ring (bicyclic) bond motifs is 1. The van der Waals surface area contributed by atoms with Gasteiger partial charge in [0.2, 0.25) is 11.8 Å². The zero-order valence-electron chi connectivity index (χ0n) is 21.0. The maximum Gasteiger partial charge on any atom is 0.268 e. The maximum absolute atomic E-state index is 13.2. The van der Waals surface area contributed by atoms with Gasteiger partial charge in [-0.1, -0.05) is 32.4 Å². The molecule has 1 spiro atoms. The van der Waals surface area contributed by atoms with Crippen LogP contribution >= 0.6 is 11.6 Å². The number of rotatable bonds is 8. The van der Waals surface area contributed by atoms with Gasteiger partial charge < -0.3 is 25.7 Å². The first-order valence-corrected chi connectivity index (χ1v) is 12.5. The molecule has 1 aromatic heterocycles. The van der Waals surface area contributed by atoms with Gasteiger partial charge in [-0.05, 0) is 49.7 Å². The van der Waals surface area contributed by atoms with Crippen molar-refractivity contribution in [2.75, 3.05) is 7.11 Å². The third-order valence-corrected chi connectivity index (χ3v) is 7.11. The zero-order valence-corrected chi connectivity index (χ0v) is 21.7. The Kier molecular flexibility index (Phi) is 6.93. The van der Waals surface area contributed by atoms with Crippen LogP contribution in [0.2, 0.25) is 5.02 Å². The predicted molar refractivity (Wildman–Crippen MR) is 136 cm³/mol. The largest absolute Gasteiger partial charge is 0.497 e. The molecule has 0 radical (unpaired) electrons. The summed E-state index contributed by atoms with van der Waals surface area (Å²) >= 11 is 6.31. The Hall–Kier alpha value is -3.25. The number of nitrogens with zero attached hydrogens (tertiary/aromatic N) is 1. The lowest BCUT2D eigenvalue weighted by molar-refractivity contribution is -0.125. The van der Waals surface area contributed by atoms with Crippen LogP contribution < -0.4 is 20.7 Å². The highest BCUT2D eigenvalue weighted by atomic mass is 35.5. The number of nitriles is 1. The second-order valence-corrected chi connectivity index (χ2v) is 11.6. The van der Waals surface area contributed by atoms with Crippen molar-refractivity contribution >= 4 is 40.2 Å². The maximum atomic E-state index is 13.2. The number of hydrogen-bond donors (Lipinski definition) is 4. The van der Waals surface area contributed by atoms with E-state index in [-0.39, 0.29) is 34.9 Å². The molecule has 3 amide bonds. The number of amides is 3. The quantitative estimate of drug-likeness (QED) is 0.428. The molecule has 2 aromatic rings. The number of methoxy groups -OCH3 is 1.